The smallest absolute Gasteiger partial charge is 0.249 e. The van der Waals surface area contributed by atoms with Gasteiger partial charge in [0.1, 0.15) is 30.5 Å². The van der Waals surface area contributed by atoms with Crippen molar-refractivity contribution in [2.75, 3.05) is 13.2 Å². The number of ether oxygens (including phenoxy) is 2. The molecule has 0 aromatic rings. The number of hydrogen-bond donors (Lipinski definition) is 7. The SMILES string of the molecule is CCCCCC/C=C/CC/C=C/CC/C=C/C(O)C(COC1OC(CO)C(O)C(O)C1O)NC(=O)C(O)CCCC/C=C\CCCCCCCC. The molecular formula is C41H73NO9. The minimum absolute atomic E-state index is 0.268. The van der Waals surface area contributed by atoms with Gasteiger partial charge >= 0.3 is 0 Å². The molecule has 1 aliphatic heterocycles. The normalized spacial score (nSPS) is 23.2. The first-order chi connectivity index (χ1) is 24.8. The van der Waals surface area contributed by atoms with E-state index in [1.807, 2.05) is 6.08 Å². The van der Waals surface area contributed by atoms with E-state index in [2.05, 4.69) is 55.6 Å². The third kappa shape index (κ3) is 22.7. The molecule has 0 aliphatic carbocycles. The number of aliphatic hydroxyl groups excluding tert-OH is 6. The number of allylic oxidation sites excluding steroid dienone is 7. The van der Waals surface area contributed by atoms with Gasteiger partial charge in [-0.15, -0.1) is 0 Å². The molecule has 10 nitrogen and oxygen atoms in total. The lowest BCUT2D eigenvalue weighted by Gasteiger charge is -2.40. The van der Waals surface area contributed by atoms with E-state index in [0.29, 0.717) is 12.8 Å². The van der Waals surface area contributed by atoms with E-state index in [1.54, 1.807) is 6.08 Å². The number of unbranched alkanes of at least 4 members (excludes halogenated alkanes) is 14. The first-order valence-corrected chi connectivity index (χ1v) is 20.0. The molecule has 1 aliphatic rings. The van der Waals surface area contributed by atoms with Crippen molar-refractivity contribution in [2.45, 2.75) is 191 Å². The van der Waals surface area contributed by atoms with Gasteiger partial charge in [-0.2, -0.15) is 0 Å². The van der Waals surface area contributed by atoms with Crippen LogP contribution in [0.25, 0.3) is 0 Å². The van der Waals surface area contributed by atoms with E-state index in [1.165, 1.54) is 64.2 Å². The highest BCUT2D eigenvalue weighted by Crippen LogP contribution is 2.22. The molecule has 1 rings (SSSR count). The maximum atomic E-state index is 12.9. The predicted molar refractivity (Wildman–Crippen MR) is 204 cm³/mol. The van der Waals surface area contributed by atoms with Crippen molar-refractivity contribution in [3.8, 4) is 0 Å². The Hall–Kier alpha value is -1.89. The monoisotopic (exact) mass is 724 g/mol. The molecule has 0 radical (unpaired) electrons. The Labute approximate surface area is 308 Å². The Kier molecular flexibility index (Phi) is 29.2. The lowest BCUT2D eigenvalue weighted by Crippen LogP contribution is -2.60. The largest absolute Gasteiger partial charge is 0.394 e. The number of carbonyl (C=O) groups is 1. The summed E-state index contributed by atoms with van der Waals surface area (Å²) in [6.45, 7) is 3.50. The molecule has 8 atom stereocenters. The van der Waals surface area contributed by atoms with Crippen LogP contribution < -0.4 is 5.32 Å². The summed E-state index contributed by atoms with van der Waals surface area (Å²) in [4.78, 5) is 12.9. The maximum Gasteiger partial charge on any atom is 0.249 e. The van der Waals surface area contributed by atoms with Crippen LogP contribution in [0.2, 0.25) is 0 Å². The Balaban J connectivity index is 2.58. The number of hydrogen-bond acceptors (Lipinski definition) is 9. The van der Waals surface area contributed by atoms with Crippen LogP contribution >= 0.6 is 0 Å². The van der Waals surface area contributed by atoms with Gasteiger partial charge in [-0.05, 0) is 70.6 Å². The second-order valence-corrected chi connectivity index (χ2v) is 13.8. The highest BCUT2D eigenvalue weighted by molar-refractivity contribution is 5.80. The van der Waals surface area contributed by atoms with Crippen LogP contribution in [-0.4, -0.2) is 98.7 Å². The van der Waals surface area contributed by atoms with Crippen molar-refractivity contribution in [1.29, 1.82) is 0 Å². The molecule has 296 valence electrons. The van der Waals surface area contributed by atoms with Crippen molar-refractivity contribution >= 4 is 5.91 Å². The van der Waals surface area contributed by atoms with Crippen molar-refractivity contribution in [3.63, 3.8) is 0 Å². The molecule has 0 aromatic heterocycles. The van der Waals surface area contributed by atoms with E-state index in [-0.39, 0.29) is 13.0 Å². The van der Waals surface area contributed by atoms with Crippen LogP contribution in [0.1, 0.15) is 142 Å². The second-order valence-electron chi connectivity index (χ2n) is 13.8. The second kappa shape index (κ2) is 31.6. The van der Waals surface area contributed by atoms with Crippen LogP contribution in [0.5, 0.6) is 0 Å². The fourth-order valence-electron chi connectivity index (χ4n) is 5.83. The van der Waals surface area contributed by atoms with E-state index >= 15 is 0 Å². The summed E-state index contributed by atoms with van der Waals surface area (Å²) in [6, 6.07) is -1.01. The fourth-order valence-corrected chi connectivity index (χ4v) is 5.83. The van der Waals surface area contributed by atoms with Crippen LogP contribution in [0, 0.1) is 0 Å². The molecule has 0 aromatic carbocycles. The molecule has 10 heteroatoms. The summed E-state index contributed by atoms with van der Waals surface area (Å²) in [5, 5.41) is 64.3. The predicted octanol–water partition coefficient (Wildman–Crippen LogP) is 6.08. The van der Waals surface area contributed by atoms with Gasteiger partial charge < -0.3 is 45.4 Å². The van der Waals surface area contributed by atoms with E-state index in [0.717, 1.165) is 44.9 Å². The molecule has 51 heavy (non-hydrogen) atoms. The van der Waals surface area contributed by atoms with Gasteiger partial charge in [-0.1, -0.05) is 120 Å². The van der Waals surface area contributed by atoms with E-state index in [4.69, 9.17) is 9.47 Å². The molecule has 1 amide bonds. The van der Waals surface area contributed by atoms with Gasteiger partial charge in [0.05, 0.1) is 25.4 Å². The number of amides is 1. The minimum Gasteiger partial charge on any atom is -0.394 e. The van der Waals surface area contributed by atoms with E-state index < -0.39 is 61.5 Å². The lowest BCUT2D eigenvalue weighted by atomic mass is 9.99. The van der Waals surface area contributed by atoms with Crippen LogP contribution in [0.4, 0.5) is 0 Å². The summed E-state index contributed by atoms with van der Waals surface area (Å²) in [5.74, 6) is -0.651. The summed E-state index contributed by atoms with van der Waals surface area (Å²) in [7, 11) is 0. The molecule has 0 bridgehead atoms. The van der Waals surface area contributed by atoms with Gasteiger partial charge in [0.2, 0.25) is 5.91 Å². The first kappa shape index (κ1) is 47.1. The molecular weight excluding hydrogens is 650 g/mol. The summed E-state index contributed by atoms with van der Waals surface area (Å²) in [6.07, 6.45) is 27.7. The fraction of sp³-hybridized carbons (Fsp3) is 0.780. The highest BCUT2D eigenvalue weighted by Gasteiger charge is 2.44. The van der Waals surface area contributed by atoms with Gasteiger partial charge in [-0.3, -0.25) is 4.79 Å². The average Bonchev–Trinajstić information content (AvgIpc) is 3.13. The summed E-state index contributed by atoms with van der Waals surface area (Å²) >= 11 is 0. The maximum absolute atomic E-state index is 12.9. The van der Waals surface area contributed by atoms with Crippen LogP contribution in [-0.2, 0) is 14.3 Å². The lowest BCUT2D eigenvalue weighted by molar-refractivity contribution is -0.302. The number of nitrogens with one attached hydrogen (secondary N) is 1. The quantitative estimate of drug-likeness (QED) is 0.0331. The summed E-state index contributed by atoms with van der Waals surface area (Å²) < 4.78 is 11.1. The zero-order valence-electron chi connectivity index (χ0n) is 31.7. The number of carbonyl (C=O) groups excluding carboxylic acids is 1. The van der Waals surface area contributed by atoms with Crippen molar-refractivity contribution in [1.82, 2.24) is 5.32 Å². The molecule has 0 spiro atoms. The van der Waals surface area contributed by atoms with E-state index in [9.17, 15) is 35.4 Å². The molecule has 8 unspecified atom stereocenters. The third-order valence-electron chi connectivity index (χ3n) is 9.21. The molecule has 1 fully saturated rings. The van der Waals surface area contributed by atoms with Gasteiger partial charge in [-0.25, -0.2) is 0 Å². The Morgan fingerprint density at radius 1 is 0.667 bits per heavy atom. The molecule has 0 saturated carbocycles. The van der Waals surface area contributed by atoms with Crippen molar-refractivity contribution in [2.24, 2.45) is 0 Å². The Bertz CT molecular complexity index is 953. The zero-order chi connectivity index (χ0) is 37.5. The Morgan fingerprint density at radius 2 is 1.16 bits per heavy atom. The van der Waals surface area contributed by atoms with Crippen LogP contribution in [0.15, 0.2) is 48.6 Å². The molecule has 1 heterocycles. The zero-order valence-corrected chi connectivity index (χ0v) is 31.7. The summed E-state index contributed by atoms with van der Waals surface area (Å²) in [5.41, 5.74) is 0. The van der Waals surface area contributed by atoms with Gasteiger partial charge in [0, 0.05) is 0 Å². The molecule has 1 saturated heterocycles. The number of aliphatic hydroxyl groups is 6. The Morgan fingerprint density at radius 3 is 1.73 bits per heavy atom. The molecule has 7 N–H and O–H groups in total. The van der Waals surface area contributed by atoms with Crippen molar-refractivity contribution < 1.29 is 44.9 Å². The van der Waals surface area contributed by atoms with Crippen molar-refractivity contribution in [3.05, 3.63) is 48.6 Å². The highest BCUT2D eigenvalue weighted by atomic mass is 16.7. The third-order valence-corrected chi connectivity index (χ3v) is 9.21. The standard InChI is InChI=1S/C41H73NO9/c1-3-5-7-9-11-13-15-17-18-20-21-23-25-27-29-34(44)33(32-50-41-39(48)38(47)37(46)36(31-43)51-41)42-40(49)35(45)30-28-26-24-22-19-16-14-12-10-8-6-4-2/h13,15,19-22,27,29,33-39,41,43-48H,3-12,14,16-18,23-26,28,30-32H2,1-2H3,(H,42,49)/b15-13+,21-20+,22-19-,29-27+. The average molecular weight is 724 g/mol. The van der Waals surface area contributed by atoms with Crippen LogP contribution in [0.3, 0.4) is 0 Å². The first-order valence-electron chi connectivity index (χ1n) is 20.0. The number of rotatable bonds is 31. The minimum atomic E-state index is -1.62. The topological polar surface area (TPSA) is 169 Å². The van der Waals surface area contributed by atoms with Gasteiger partial charge in [0.15, 0.2) is 6.29 Å². The van der Waals surface area contributed by atoms with Gasteiger partial charge in [0.25, 0.3) is 0 Å².